The van der Waals surface area contributed by atoms with Gasteiger partial charge in [-0.3, -0.25) is 4.79 Å². The molecule has 8 heteroatoms. The number of benzene rings is 2. The Morgan fingerprint density at radius 3 is 2.84 bits per heavy atom. The maximum atomic E-state index is 14.2. The van der Waals surface area contributed by atoms with Crippen LogP contribution in [0.4, 0.5) is 9.39 Å². The van der Waals surface area contributed by atoms with Crippen molar-refractivity contribution in [3.63, 3.8) is 0 Å². The number of amides is 1. The van der Waals surface area contributed by atoms with E-state index in [1.807, 2.05) is 12.1 Å². The molecule has 5 rings (SSSR count). The van der Waals surface area contributed by atoms with E-state index in [0.29, 0.717) is 22.1 Å². The van der Waals surface area contributed by atoms with Crippen molar-refractivity contribution in [1.82, 2.24) is 5.32 Å². The van der Waals surface area contributed by atoms with E-state index >= 15 is 0 Å². The van der Waals surface area contributed by atoms with Crippen LogP contribution in [0.1, 0.15) is 44.5 Å². The van der Waals surface area contributed by atoms with Gasteiger partial charge >= 0.3 is 0 Å². The van der Waals surface area contributed by atoms with Crippen LogP contribution in [0.3, 0.4) is 0 Å². The lowest BCUT2D eigenvalue weighted by Crippen LogP contribution is -2.38. The van der Waals surface area contributed by atoms with Crippen molar-refractivity contribution in [2.75, 3.05) is 12.4 Å². The van der Waals surface area contributed by atoms with Crippen molar-refractivity contribution in [2.45, 2.75) is 32.0 Å². The van der Waals surface area contributed by atoms with Gasteiger partial charge in [0.05, 0.1) is 17.7 Å². The summed E-state index contributed by atoms with van der Waals surface area (Å²) in [5.41, 5.74) is 2.88. The van der Waals surface area contributed by atoms with Crippen LogP contribution >= 0.6 is 22.9 Å². The SMILES string of the molecule is COc1cccc(C2NC(=O)c3c(sc4c3CCC4)N2)c1OCc1c(F)cccc1Cl. The van der Waals surface area contributed by atoms with Crippen molar-refractivity contribution in [3.05, 3.63) is 74.4 Å². The van der Waals surface area contributed by atoms with Gasteiger partial charge in [0.25, 0.3) is 5.91 Å². The molecule has 0 fully saturated rings. The molecule has 0 saturated carbocycles. The highest BCUT2D eigenvalue weighted by molar-refractivity contribution is 7.16. The van der Waals surface area contributed by atoms with Crippen LogP contribution < -0.4 is 20.1 Å². The molecule has 1 aliphatic heterocycles. The van der Waals surface area contributed by atoms with Gasteiger partial charge in [0.1, 0.15) is 23.6 Å². The Labute approximate surface area is 188 Å². The second kappa shape index (κ2) is 8.05. The molecule has 1 atom stereocenters. The Bertz CT molecular complexity index is 1160. The number of rotatable bonds is 5. The molecule has 160 valence electrons. The van der Waals surface area contributed by atoms with Gasteiger partial charge in [-0.2, -0.15) is 0 Å². The molecule has 0 saturated heterocycles. The minimum atomic E-state index is -0.500. The van der Waals surface area contributed by atoms with Crippen LogP contribution in [0.5, 0.6) is 11.5 Å². The molecule has 1 unspecified atom stereocenters. The minimum absolute atomic E-state index is 0.0713. The van der Waals surface area contributed by atoms with Gasteiger partial charge in [-0.05, 0) is 43.0 Å². The van der Waals surface area contributed by atoms with Crippen molar-refractivity contribution >= 4 is 33.8 Å². The van der Waals surface area contributed by atoms with Crippen molar-refractivity contribution in [3.8, 4) is 11.5 Å². The third-order valence-electron chi connectivity index (χ3n) is 5.66. The third kappa shape index (κ3) is 3.51. The van der Waals surface area contributed by atoms with Gasteiger partial charge in [-0.15, -0.1) is 11.3 Å². The fraction of sp³-hybridized carbons (Fsp3) is 0.261. The molecular formula is C23H20ClFN2O3S. The fourth-order valence-corrected chi connectivity index (χ4v) is 5.69. The van der Waals surface area contributed by atoms with E-state index in [-0.39, 0.29) is 18.1 Å². The number of anilines is 1. The highest BCUT2D eigenvalue weighted by atomic mass is 35.5. The summed E-state index contributed by atoms with van der Waals surface area (Å²) in [6, 6.07) is 9.95. The summed E-state index contributed by atoms with van der Waals surface area (Å²) >= 11 is 7.80. The lowest BCUT2D eigenvalue weighted by molar-refractivity contribution is 0.0935. The number of ether oxygens (including phenoxy) is 2. The number of hydrogen-bond acceptors (Lipinski definition) is 5. The average Bonchev–Trinajstić information content (AvgIpc) is 3.34. The summed E-state index contributed by atoms with van der Waals surface area (Å²) in [6.45, 7) is -0.0713. The summed E-state index contributed by atoms with van der Waals surface area (Å²) < 4.78 is 25.7. The molecule has 2 aromatic carbocycles. The Morgan fingerprint density at radius 1 is 1.19 bits per heavy atom. The first-order valence-electron chi connectivity index (χ1n) is 10.0. The summed E-state index contributed by atoms with van der Waals surface area (Å²) in [5, 5.41) is 7.64. The molecule has 1 aromatic heterocycles. The molecule has 1 amide bonds. The van der Waals surface area contributed by atoms with Crippen molar-refractivity contribution in [2.24, 2.45) is 0 Å². The van der Waals surface area contributed by atoms with Gasteiger partial charge in [0.2, 0.25) is 0 Å². The molecular weight excluding hydrogens is 439 g/mol. The van der Waals surface area contributed by atoms with Crippen molar-refractivity contribution < 1.29 is 18.7 Å². The smallest absolute Gasteiger partial charge is 0.256 e. The maximum absolute atomic E-state index is 14.2. The Hall–Kier alpha value is -2.77. The first kappa shape index (κ1) is 20.2. The van der Waals surface area contributed by atoms with Crippen LogP contribution in [0.15, 0.2) is 36.4 Å². The second-order valence-corrected chi connectivity index (χ2v) is 8.99. The number of methoxy groups -OCH3 is 1. The van der Waals surface area contributed by atoms with E-state index in [4.69, 9.17) is 21.1 Å². The van der Waals surface area contributed by atoms with Crippen LogP contribution in [-0.4, -0.2) is 13.0 Å². The predicted octanol–water partition coefficient (Wildman–Crippen LogP) is 5.47. The number of carbonyl (C=O) groups is 1. The van der Waals surface area contributed by atoms with Crippen LogP contribution in [0, 0.1) is 5.82 Å². The zero-order valence-corrected chi connectivity index (χ0v) is 18.3. The van der Waals surface area contributed by atoms with Gasteiger partial charge in [-0.1, -0.05) is 29.8 Å². The molecule has 0 radical (unpaired) electrons. The molecule has 2 heterocycles. The number of nitrogens with one attached hydrogen (secondary N) is 2. The van der Waals surface area contributed by atoms with E-state index in [9.17, 15) is 9.18 Å². The molecule has 3 aromatic rings. The number of para-hydroxylation sites is 1. The zero-order valence-electron chi connectivity index (χ0n) is 16.8. The zero-order chi connectivity index (χ0) is 21.5. The summed E-state index contributed by atoms with van der Waals surface area (Å²) in [7, 11) is 1.54. The number of thiophene rings is 1. The highest BCUT2D eigenvalue weighted by Crippen LogP contribution is 2.44. The quantitative estimate of drug-likeness (QED) is 0.532. The molecule has 0 spiro atoms. The maximum Gasteiger partial charge on any atom is 0.256 e. The second-order valence-electron chi connectivity index (χ2n) is 7.48. The Kier molecular flexibility index (Phi) is 5.24. The van der Waals surface area contributed by atoms with E-state index in [0.717, 1.165) is 29.8 Å². The number of hydrogen-bond donors (Lipinski definition) is 2. The van der Waals surface area contributed by atoms with E-state index < -0.39 is 12.0 Å². The average molecular weight is 459 g/mol. The first-order chi connectivity index (χ1) is 15.1. The van der Waals surface area contributed by atoms with Crippen molar-refractivity contribution in [1.29, 1.82) is 0 Å². The Morgan fingerprint density at radius 2 is 2.03 bits per heavy atom. The van der Waals surface area contributed by atoms with Gasteiger partial charge < -0.3 is 20.1 Å². The van der Waals surface area contributed by atoms with E-state index in [1.54, 1.807) is 29.5 Å². The molecule has 5 nitrogen and oxygen atoms in total. The number of aryl methyl sites for hydroxylation is 1. The highest BCUT2D eigenvalue weighted by Gasteiger charge is 2.34. The van der Waals surface area contributed by atoms with E-state index in [1.165, 1.54) is 23.6 Å². The van der Waals surface area contributed by atoms with E-state index in [2.05, 4.69) is 10.6 Å². The molecule has 2 N–H and O–H groups in total. The lowest BCUT2D eigenvalue weighted by Gasteiger charge is -2.28. The Balaban J connectivity index is 1.48. The molecule has 1 aliphatic carbocycles. The fourth-order valence-electron chi connectivity index (χ4n) is 4.16. The van der Waals surface area contributed by atoms with Crippen LogP contribution in [-0.2, 0) is 19.4 Å². The van der Waals surface area contributed by atoms with Gasteiger partial charge in [-0.25, -0.2) is 4.39 Å². The summed E-state index contributed by atoms with van der Waals surface area (Å²) in [6.07, 6.45) is 2.55. The monoisotopic (exact) mass is 458 g/mol. The summed E-state index contributed by atoms with van der Waals surface area (Å²) in [5.74, 6) is 0.380. The minimum Gasteiger partial charge on any atom is -0.493 e. The molecule has 0 bridgehead atoms. The number of halogens is 2. The summed E-state index contributed by atoms with van der Waals surface area (Å²) in [4.78, 5) is 14.2. The standard InChI is InChI=1S/C23H20ClFN2O3S/c1-29-17-9-2-6-13(20(17)30-11-14-15(24)7-4-8-16(14)25)21-26-22(28)19-12-5-3-10-18(12)31-23(19)27-21/h2,4,6-9,21,27H,3,5,10-11H2,1H3,(H,26,28). The third-order valence-corrected chi connectivity index (χ3v) is 7.24. The number of carbonyl (C=O) groups excluding carboxylic acids is 1. The normalized spacial score (nSPS) is 16.9. The van der Waals surface area contributed by atoms with Gasteiger partial charge in [0.15, 0.2) is 11.5 Å². The van der Waals surface area contributed by atoms with Gasteiger partial charge in [0, 0.05) is 16.0 Å². The predicted molar refractivity (Wildman–Crippen MR) is 119 cm³/mol. The largest absolute Gasteiger partial charge is 0.493 e. The lowest BCUT2D eigenvalue weighted by atomic mass is 10.0. The topological polar surface area (TPSA) is 59.6 Å². The van der Waals surface area contributed by atoms with Crippen LogP contribution in [0.2, 0.25) is 5.02 Å². The first-order valence-corrected chi connectivity index (χ1v) is 11.2. The molecule has 31 heavy (non-hydrogen) atoms. The molecule has 2 aliphatic rings. The van der Waals surface area contributed by atoms with Crippen LogP contribution in [0.25, 0.3) is 0 Å². The number of fused-ring (bicyclic) bond motifs is 3.